The van der Waals surface area contributed by atoms with Gasteiger partial charge in [0.25, 0.3) is 0 Å². The molecule has 2 aromatic rings. The van der Waals surface area contributed by atoms with Crippen molar-refractivity contribution in [2.24, 2.45) is 0 Å². The molecule has 2 aromatic carbocycles. The van der Waals surface area contributed by atoms with Crippen molar-refractivity contribution in [3.8, 4) is 22.6 Å². The maximum Gasteiger partial charge on any atom is 1.00 e. The largest absolute Gasteiger partial charge is 1.00 e. The number of benzene rings is 2. The molecule has 0 heterocycles. The molecule has 14 nitrogen and oxygen atoms in total. The third kappa shape index (κ3) is 11.0. The van der Waals surface area contributed by atoms with Crippen LogP contribution in [0, 0.1) is 0 Å². The first kappa shape index (κ1) is 47.2. The fraction of sp³-hybridized carbons (Fsp3) is 0.143. The normalized spacial score (nSPS) is 11.7. The molecule has 0 amide bonds. The van der Waals surface area contributed by atoms with Crippen molar-refractivity contribution in [3.05, 3.63) is 22.2 Å². The zero-order valence-corrected chi connectivity index (χ0v) is 37.5. The molecule has 0 atom stereocenters. The summed E-state index contributed by atoms with van der Waals surface area (Å²) >= 11 is 11.4. The van der Waals surface area contributed by atoms with E-state index in [4.69, 9.17) is 23.2 Å². The number of methoxy groups -OCH3 is 2. The van der Waals surface area contributed by atoms with Crippen LogP contribution in [0.25, 0.3) is 11.1 Å². The zero-order valence-electron chi connectivity index (χ0n) is 20.3. The fourth-order valence-electron chi connectivity index (χ4n) is 2.90. The van der Waals surface area contributed by atoms with Crippen LogP contribution in [0.5, 0.6) is 11.5 Å². The topological polar surface area (TPSA) is 247 Å². The van der Waals surface area contributed by atoms with Crippen LogP contribution in [0.1, 0.15) is 0 Å². The molecular formula is C14H8Cl2K4O14S4. The summed E-state index contributed by atoms with van der Waals surface area (Å²) in [5, 5.41) is -1.96. The van der Waals surface area contributed by atoms with Crippen molar-refractivity contribution >= 4 is 63.7 Å². The van der Waals surface area contributed by atoms with Crippen LogP contribution in [0.4, 0.5) is 0 Å². The standard InChI is InChI=1S/C14H12Cl2O14S4.4K/c1-29-11-5(15)3-7(31(17,18)19)9(13(11)33(23,24)25)10-8(32(20,21)22)4-6(16)12(30-2)14(10)34(26,27)28;;;;/h3-4H,1-2H3,(H,17,18,19)(H,20,21,22)(H,23,24,25)(H,26,27,28);;;;/q;4*+1/p-4. The molecule has 190 valence electrons. The molecule has 0 spiro atoms. The van der Waals surface area contributed by atoms with Gasteiger partial charge in [0.15, 0.2) is 11.5 Å². The van der Waals surface area contributed by atoms with E-state index in [1.54, 1.807) is 0 Å². The summed E-state index contributed by atoms with van der Waals surface area (Å²) in [6, 6.07) is 0.381. The zero-order chi connectivity index (χ0) is 26.6. The van der Waals surface area contributed by atoms with Gasteiger partial charge in [0.05, 0.1) is 34.1 Å². The predicted octanol–water partition coefficient (Wildman–Crippen LogP) is -11.7. The number of hydrogen-bond donors (Lipinski definition) is 0. The van der Waals surface area contributed by atoms with E-state index in [-0.39, 0.29) is 218 Å². The Hall–Kier alpha value is 4.81. The Kier molecular flexibility index (Phi) is 21.9. The molecular weight excluding hydrogens is 748 g/mol. The van der Waals surface area contributed by atoms with E-state index in [2.05, 4.69) is 9.47 Å². The molecule has 0 aromatic heterocycles. The Bertz CT molecular complexity index is 1520. The number of halogens is 2. The first-order valence-corrected chi connectivity index (χ1v) is 14.2. The van der Waals surface area contributed by atoms with Crippen LogP contribution in [0.2, 0.25) is 10.0 Å². The van der Waals surface area contributed by atoms with Gasteiger partial charge in [0.2, 0.25) is 0 Å². The fourth-order valence-corrected chi connectivity index (χ4v) is 7.03. The molecule has 0 saturated carbocycles. The Morgan fingerprint density at radius 2 is 0.789 bits per heavy atom. The second-order valence-corrected chi connectivity index (χ2v) is 12.1. The Morgan fingerprint density at radius 1 is 0.553 bits per heavy atom. The van der Waals surface area contributed by atoms with Gasteiger partial charge in [-0.3, -0.25) is 0 Å². The van der Waals surface area contributed by atoms with Crippen LogP contribution in [-0.2, 0) is 40.5 Å². The van der Waals surface area contributed by atoms with Crippen molar-refractivity contribution in [1.82, 2.24) is 0 Å². The van der Waals surface area contributed by atoms with E-state index in [1.165, 1.54) is 0 Å². The molecule has 38 heavy (non-hydrogen) atoms. The molecule has 0 aliphatic carbocycles. The molecule has 0 saturated heterocycles. The average Bonchev–Trinajstić information content (AvgIpc) is 2.63. The molecule has 0 N–H and O–H groups in total. The van der Waals surface area contributed by atoms with Crippen LogP contribution in [-0.4, -0.2) is 66.1 Å². The van der Waals surface area contributed by atoms with Crippen molar-refractivity contribution in [2.75, 3.05) is 14.2 Å². The monoisotopic (exact) mass is 754 g/mol. The van der Waals surface area contributed by atoms with E-state index in [0.717, 1.165) is 0 Å². The average molecular weight is 756 g/mol. The Morgan fingerprint density at radius 3 is 0.947 bits per heavy atom. The summed E-state index contributed by atoms with van der Waals surface area (Å²) in [6.07, 6.45) is 0. The van der Waals surface area contributed by atoms with E-state index >= 15 is 0 Å². The van der Waals surface area contributed by atoms with Gasteiger partial charge in [0.1, 0.15) is 50.3 Å². The summed E-state index contributed by atoms with van der Waals surface area (Å²) in [5.41, 5.74) is -3.57. The first-order valence-electron chi connectivity index (χ1n) is 7.82. The molecule has 0 radical (unpaired) electrons. The summed E-state index contributed by atoms with van der Waals surface area (Å²) in [4.78, 5) is -7.30. The van der Waals surface area contributed by atoms with Crippen LogP contribution < -0.4 is 215 Å². The van der Waals surface area contributed by atoms with Crippen LogP contribution >= 0.6 is 23.2 Å². The molecule has 0 fully saturated rings. The molecule has 2 rings (SSSR count). The minimum atomic E-state index is -6.01. The van der Waals surface area contributed by atoms with Gasteiger partial charge in [-0.05, 0) is 12.1 Å². The third-order valence-corrected chi connectivity index (χ3v) is 8.07. The predicted molar refractivity (Wildman–Crippen MR) is 107 cm³/mol. The quantitative estimate of drug-likeness (QED) is 0.188. The van der Waals surface area contributed by atoms with Gasteiger partial charge < -0.3 is 27.7 Å². The van der Waals surface area contributed by atoms with Gasteiger partial charge in [-0.2, -0.15) is 0 Å². The molecule has 0 aliphatic rings. The SMILES string of the molecule is COc1c(Cl)cc(S(=O)(=O)[O-])c(-c2c(S(=O)(=O)[O-])cc(Cl)c(OC)c2S(=O)(=O)[O-])c1S(=O)(=O)[O-].[K+].[K+].[K+].[K+]. The first-order chi connectivity index (χ1) is 15.2. The van der Waals surface area contributed by atoms with Crippen LogP contribution in [0.15, 0.2) is 31.7 Å². The minimum absolute atomic E-state index is 0. The summed E-state index contributed by atoms with van der Waals surface area (Å²) < 4.78 is 153. The van der Waals surface area contributed by atoms with Gasteiger partial charge >= 0.3 is 206 Å². The van der Waals surface area contributed by atoms with Gasteiger partial charge in [-0.1, -0.05) is 23.2 Å². The summed E-state index contributed by atoms with van der Waals surface area (Å²) in [5.74, 6) is -2.34. The third-order valence-electron chi connectivity index (χ3n) is 4.01. The van der Waals surface area contributed by atoms with Gasteiger partial charge in [-0.15, -0.1) is 0 Å². The number of hydrogen-bond acceptors (Lipinski definition) is 14. The Balaban J connectivity index is -0.00000306. The maximum atomic E-state index is 12.1. The molecule has 24 heteroatoms. The van der Waals surface area contributed by atoms with Crippen molar-refractivity contribution in [1.29, 1.82) is 0 Å². The van der Waals surface area contributed by atoms with E-state index in [0.29, 0.717) is 14.2 Å². The van der Waals surface area contributed by atoms with Gasteiger partial charge in [0, 0.05) is 11.1 Å². The van der Waals surface area contributed by atoms with E-state index in [9.17, 15) is 51.9 Å². The smallest absolute Gasteiger partial charge is 0.744 e. The number of ether oxygens (including phenoxy) is 2. The number of rotatable bonds is 7. The van der Waals surface area contributed by atoms with E-state index < -0.39 is 92.7 Å². The maximum absolute atomic E-state index is 12.1. The molecule has 0 bridgehead atoms. The Labute approximate surface area is 398 Å². The van der Waals surface area contributed by atoms with E-state index in [1.807, 2.05) is 0 Å². The molecule has 0 unspecified atom stereocenters. The van der Waals surface area contributed by atoms with Crippen molar-refractivity contribution in [2.45, 2.75) is 19.6 Å². The summed E-state index contributed by atoms with van der Waals surface area (Å²) in [7, 11) is -22.5. The minimum Gasteiger partial charge on any atom is -0.744 e. The molecule has 0 aliphatic heterocycles. The van der Waals surface area contributed by atoms with Crippen molar-refractivity contribution in [3.63, 3.8) is 0 Å². The van der Waals surface area contributed by atoms with Gasteiger partial charge in [-0.25, -0.2) is 33.7 Å². The van der Waals surface area contributed by atoms with Crippen molar-refractivity contribution < 1.29 is 267 Å². The second-order valence-electron chi connectivity index (χ2n) is 6.00. The second kappa shape index (κ2) is 17.6. The summed E-state index contributed by atoms with van der Waals surface area (Å²) in [6.45, 7) is 0. The van der Waals surface area contributed by atoms with Crippen LogP contribution in [0.3, 0.4) is 0 Å².